The summed E-state index contributed by atoms with van der Waals surface area (Å²) in [6, 6.07) is 12.1. The summed E-state index contributed by atoms with van der Waals surface area (Å²) >= 11 is 1.74. The molecular formula is C27H33ClN2O5S. The number of hydrogen-bond acceptors (Lipinski definition) is 7. The summed E-state index contributed by atoms with van der Waals surface area (Å²) in [5.74, 6) is 1.57. The second-order valence-electron chi connectivity index (χ2n) is 9.16. The predicted octanol–water partition coefficient (Wildman–Crippen LogP) is 4.29. The molecule has 1 aromatic heterocycles. The van der Waals surface area contributed by atoms with E-state index in [-0.39, 0.29) is 24.2 Å². The summed E-state index contributed by atoms with van der Waals surface area (Å²) in [5.41, 5.74) is 2.04. The molecule has 1 saturated heterocycles. The quantitative estimate of drug-likeness (QED) is 0.511. The van der Waals surface area contributed by atoms with Crippen molar-refractivity contribution in [2.45, 2.75) is 25.5 Å². The van der Waals surface area contributed by atoms with Gasteiger partial charge in [-0.05, 0) is 42.0 Å². The molecular weight excluding hydrogens is 500 g/mol. The van der Waals surface area contributed by atoms with Crippen molar-refractivity contribution in [2.24, 2.45) is 5.92 Å². The fourth-order valence-electron chi connectivity index (χ4n) is 5.38. The Morgan fingerprint density at radius 3 is 2.33 bits per heavy atom. The van der Waals surface area contributed by atoms with Crippen LogP contribution in [0.3, 0.4) is 0 Å². The number of methoxy groups -OCH3 is 3. The number of hydrogen-bond donors (Lipinski definition) is 1. The Morgan fingerprint density at radius 1 is 1.03 bits per heavy atom. The number of carbonyl (C=O) groups excluding carboxylic acids is 1. The van der Waals surface area contributed by atoms with Crippen LogP contribution in [0.25, 0.3) is 10.1 Å². The molecule has 0 spiro atoms. The number of ether oxygens (including phenoxy) is 3. The van der Waals surface area contributed by atoms with Gasteiger partial charge in [0.25, 0.3) is 0 Å². The Morgan fingerprint density at radius 2 is 1.69 bits per heavy atom. The molecule has 0 radical (unpaired) electrons. The van der Waals surface area contributed by atoms with E-state index in [2.05, 4.69) is 17.0 Å². The van der Waals surface area contributed by atoms with Crippen molar-refractivity contribution in [2.75, 3.05) is 47.5 Å². The summed E-state index contributed by atoms with van der Waals surface area (Å²) in [7, 11) is 4.83. The van der Waals surface area contributed by atoms with Gasteiger partial charge >= 0.3 is 0 Å². The van der Waals surface area contributed by atoms with Crippen molar-refractivity contribution in [3.05, 3.63) is 52.4 Å². The zero-order valence-corrected chi connectivity index (χ0v) is 22.5. The van der Waals surface area contributed by atoms with E-state index in [1.807, 2.05) is 29.2 Å². The Balaban J connectivity index is 0.00000304. The highest BCUT2D eigenvalue weighted by Gasteiger charge is 2.38. The molecule has 2 aliphatic rings. The van der Waals surface area contributed by atoms with Crippen molar-refractivity contribution >= 4 is 39.7 Å². The number of benzene rings is 2. The number of fused-ring (bicyclic) bond motifs is 3. The van der Waals surface area contributed by atoms with Crippen LogP contribution in [-0.4, -0.2) is 68.3 Å². The monoisotopic (exact) mass is 532 g/mol. The first-order chi connectivity index (χ1) is 17.0. The van der Waals surface area contributed by atoms with Crippen LogP contribution in [0.2, 0.25) is 0 Å². The molecule has 7 nitrogen and oxygen atoms in total. The molecule has 1 N–H and O–H groups in total. The van der Waals surface area contributed by atoms with E-state index < -0.39 is 6.10 Å². The van der Waals surface area contributed by atoms with E-state index in [4.69, 9.17) is 14.2 Å². The summed E-state index contributed by atoms with van der Waals surface area (Å²) in [4.78, 5) is 18.9. The molecule has 194 valence electrons. The normalized spacial score (nSPS) is 19.9. The van der Waals surface area contributed by atoms with Crippen LogP contribution in [0.15, 0.2) is 36.4 Å². The van der Waals surface area contributed by atoms with Crippen LogP contribution in [-0.2, 0) is 17.8 Å². The average molecular weight is 533 g/mol. The molecule has 2 heterocycles. The maximum atomic E-state index is 13.4. The number of piperazine rings is 1. The zero-order chi connectivity index (χ0) is 24.5. The molecule has 2 unspecified atom stereocenters. The second kappa shape index (κ2) is 11.3. The van der Waals surface area contributed by atoms with Gasteiger partial charge in [-0.2, -0.15) is 0 Å². The first-order valence-electron chi connectivity index (χ1n) is 12.0. The van der Waals surface area contributed by atoms with Gasteiger partial charge < -0.3 is 24.2 Å². The lowest BCUT2D eigenvalue weighted by Gasteiger charge is -2.38. The third kappa shape index (κ3) is 4.87. The van der Waals surface area contributed by atoms with Crippen molar-refractivity contribution in [1.29, 1.82) is 0 Å². The van der Waals surface area contributed by atoms with Gasteiger partial charge in [-0.15, -0.1) is 23.7 Å². The van der Waals surface area contributed by atoms with E-state index in [1.165, 1.54) is 9.58 Å². The maximum Gasteiger partial charge on any atom is 0.228 e. The van der Waals surface area contributed by atoms with Crippen molar-refractivity contribution in [1.82, 2.24) is 9.80 Å². The summed E-state index contributed by atoms with van der Waals surface area (Å²) in [6.07, 6.45) is 0.814. The predicted molar refractivity (Wildman–Crippen MR) is 144 cm³/mol. The number of halogens is 1. The van der Waals surface area contributed by atoms with Gasteiger partial charge in [0.05, 0.1) is 33.4 Å². The molecule has 36 heavy (non-hydrogen) atoms. The minimum atomic E-state index is -0.736. The van der Waals surface area contributed by atoms with Gasteiger partial charge in [-0.25, -0.2) is 0 Å². The van der Waals surface area contributed by atoms with E-state index in [1.54, 1.807) is 32.7 Å². The molecule has 1 aliphatic heterocycles. The second-order valence-corrected chi connectivity index (χ2v) is 10.3. The van der Waals surface area contributed by atoms with Gasteiger partial charge in [0, 0.05) is 47.9 Å². The Bertz CT molecular complexity index is 1200. The van der Waals surface area contributed by atoms with Gasteiger partial charge in [0.1, 0.15) is 0 Å². The van der Waals surface area contributed by atoms with Crippen molar-refractivity contribution in [3.8, 4) is 17.2 Å². The Hall–Kier alpha value is -2.52. The Labute approximate surface area is 222 Å². The van der Waals surface area contributed by atoms with Crippen LogP contribution in [0, 0.1) is 5.92 Å². The highest BCUT2D eigenvalue weighted by molar-refractivity contribution is 7.19. The summed E-state index contributed by atoms with van der Waals surface area (Å²) in [5, 5.41) is 12.3. The van der Waals surface area contributed by atoms with Crippen LogP contribution in [0.1, 0.15) is 28.5 Å². The van der Waals surface area contributed by atoms with Gasteiger partial charge in [0.2, 0.25) is 11.7 Å². The van der Waals surface area contributed by atoms with Crippen LogP contribution in [0.5, 0.6) is 17.2 Å². The highest BCUT2D eigenvalue weighted by atomic mass is 35.5. The lowest BCUT2D eigenvalue weighted by Crippen LogP contribution is -2.51. The van der Waals surface area contributed by atoms with Gasteiger partial charge in [-0.3, -0.25) is 9.69 Å². The smallest absolute Gasteiger partial charge is 0.228 e. The molecule has 9 heteroatoms. The third-order valence-electron chi connectivity index (χ3n) is 7.20. The fourth-order valence-corrected chi connectivity index (χ4v) is 6.64. The highest BCUT2D eigenvalue weighted by Crippen LogP contribution is 2.44. The van der Waals surface area contributed by atoms with E-state index >= 15 is 0 Å². The SMILES string of the molecule is COc1cc(CN2CCN(C(=O)C3CCc4sc5ccccc5c4C3O)CC2)cc(OC)c1OC.Cl. The largest absolute Gasteiger partial charge is 0.493 e. The number of amides is 1. The standard InChI is InChI=1S/C27H32N2O5S.ClH/c1-32-20-14-17(15-21(33-2)26(20)34-3)16-28-10-12-29(13-11-28)27(31)19-8-9-23-24(25(19)30)18-6-4-5-7-22(18)35-23;/h4-7,14-15,19,25,30H,8-13,16H2,1-3H3;1H. The zero-order valence-electron chi connectivity index (χ0n) is 20.9. The molecule has 0 saturated carbocycles. The lowest BCUT2D eigenvalue weighted by atomic mass is 9.83. The first-order valence-corrected chi connectivity index (χ1v) is 12.8. The number of nitrogens with zero attached hydrogens (tertiary/aromatic N) is 2. The van der Waals surface area contributed by atoms with Crippen molar-refractivity contribution in [3.63, 3.8) is 0 Å². The minimum absolute atomic E-state index is 0. The van der Waals surface area contributed by atoms with E-state index in [0.717, 1.165) is 42.6 Å². The fraction of sp³-hybridized carbons (Fsp3) is 0.444. The number of aliphatic hydroxyl groups is 1. The number of rotatable bonds is 6. The molecule has 5 rings (SSSR count). The summed E-state index contributed by atoms with van der Waals surface area (Å²) in [6.45, 7) is 3.60. The van der Waals surface area contributed by atoms with Crippen LogP contribution in [0.4, 0.5) is 0 Å². The molecule has 2 atom stereocenters. The maximum absolute atomic E-state index is 13.4. The number of thiophene rings is 1. The van der Waals surface area contributed by atoms with Gasteiger partial charge in [-0.1, -0.05) is 18.2 Å². The van der Waals surface area contributed by atoms with E-state index in [9.17, 15) is 9.90 Å². The molecule has 3 aromatic rings. The van der Waals surface area contributed by atoms with E-state index in [0.29, 0.717) is 36.8 Å². The first kappa shape index (κ1) is 26.5. The molecule has 1 fully saturated rings. The Kier molecular flexibility index (Phi) is 8.30. The molecule has 1 aliphatic carbocycles. The minimum Gasteiger partial charge on any atom is -0.493 e. The molecule has 0 bridgehead atoms. The molecule has 2 aromatic carbocycles. The topological polar surface area (TPSA) is 71.5 Å². The number of carbonyl (C=O) groups is 1. The van der Waals surface area contributed by atoms with Crippen LogP contribution >= 0.6 is 23.7 Å². The number of aliphatic hydroxyl groups excluding tert-OH is 1. The number of aryl methyl sites for hydroxylation is 1. The summed E-state index contributed by atoms with van der Waals surface area (Å²) < 4.78 is 17.6. The van der Waals surface area contributed by atoms with Crippen LogP contribution < -0.4 is 14.2 Å². The third-order valence-corrected chi connectivity index (χ3v) is 8.45. The lowest BCUT2D eigenvalue weighted by molar-refractivity contribution is -0.142. The average Bonchev–Trinajstić information content (AvgIpc) is 3.28. The van der Waals surface area contributed by atoms with Gasteiger partial charge in [0.15, 0.2) is 11.5 Å². The molecule has 1 amide bonds. The van der Waals surface area contributed by atoms with Crippen molar-refractivity contribution < 1.29 is 24.1 Å².